The molecule has 0 fully saturated rings. The molecule has 0 radical (unpaired) electrons. The Kier molecular flexibility index (Phi) is 10.0. The van der Waals surface area contributed by atoms with Gasteiger partial charge in [-0.05, 0) is 38.8 Å². The van der Waals surface area contributed by atoms with Gasteiger partial charge in [-0.25, -0.2) is 9.59 Å². The fourth-order valence-corrected chi connectivity index (χ4v) is 1.74. The summed E-state index contributed by atoms with van der Waals surface area (Å²) in [6.07, 6.45) is 1.50. The second kappa shape index (κ2) is 10.6. The lowest BCUT2D eigenvalue weighted by atomic mass is 10.3. The maximum atomic E-state index is 12.8. The molecule has 0 aliphatic rings. The zero-order valence-electron chi connectivity index (χ0n) is 14.0. The van der Waals surface area contributed by atoms with Crippen molar-refractivity contribution in [3.05, 3.63) is 0 Å². The van der Waals surface area contributed by atoms with Gasteiger partial charge in [0.1, 0.15) is 0 Å². The maximum Gasteiger partial charge on any atom is 0.465 e. The number of alkyl halides is 4. The Hall–Kier alpha value is -1.47. The standard InChI is InChI=1S/C13H21F4NO7S/c1-12(14,15)10(19)24-8-4-2-6-18-7-3-5-9-25-11(20)13(16,17)26(21,22)23/h18H,2-9H2,1H3,(H,21,22,23). The van der Waals surface area contributed by atoms with Gasteiger partial charge < -0.3 is 14.8 Å². The molecule has 2 N–H and O–H groups in total. The van der Waals surface area contributed by atoms with E-state index in [1.165, 1.54) is 0 Å². The fourth-order valence-electron chi connectivity index (χ4n) is 1.47. The predicted molar refractivity (Wildman–Crippen MR) is 80.4 cm³/mol. The van der Waals surface area contributed by atoms with E-state index in [1.54, 1.807) is 0 Å². The van der Waals surface area contributed by atoms with Crippen molar-refractivity contribution >= 4 is 22.1 Å². The minimum absolute atomic E-state index is 0.137. The number of nitrogens with one attached hydrogen (secondary N) is 1. The van der Waals surface area contributed by atoms with Gasteiger partial charge in [-0.15, -0.1) is 0 Å². The first-order valence-electron chi connectivity index (χ1n) is 7.58. The minimum atomic E-state index is -5.87. The zero-order chi connectivity index (χ0) is 20.4. The zero-order valence-corrected chi connectivity index (χ0v) is 14.8. The van der Waals surface area contributed by atoms with Crippen LogP contribution in [-0.4, -0.2) is 62.4 Å². The molecule has 0 amide bonds. The van der Waals surface area contributed by atoms with Gasteiger partial charge in [0, 0.05) is 6.92 Å². The van der Waals surface area contributed by atoms with E-state index in [0.29, 0.717) is 39.3 Å². The molecule has 0 aromatic carbocycles. The number of unbranched alkanes of at least 4 members (excludes halogenated alkanes) is 2. The molecule has 0 spiro atoms. The lowest BCUT2D eigenvalue weighted by Crippen LogP contribution is -2.39. The quantitative estimate of drug-likeness (QED) is 0.202. The van der Waals surface area contributed by atoms with Crippen molar-refractivity contribution < 1.29 is 49.6 Å². The Morgan fingerprint density at radius 1 is 0.923 bits per heavy atom. The summed E-state index contributed by atoms with van der Waals surface area (Å²) in [7, 11) is -5.87. The summed E-state index contributed by atoms with van der Waals surface area (Å²) in [5.41, 5.74) is 0. The molecule has 0 bridgehead atoms. The average molecular weight is 411 g/mol. The van der Waals surface area contributed by atoms with Crippen LogP contribution in [0.4, 0.5) is 17.6 Å². The summed E-state index contributed by atoms with van der Waals surface area (Å²) in [6.45, 7) is 0.770. The van der Waals surface area contributed by atoms with Crippen molar-refractivity contribution in [1.82, 2.24) is 5.32 Å². The number of esters is 2. The van der Waals surface area contributed by atoms with E-state index in [0.717, 1.165) is 0 Å². The summed E-state index contributed by atoms with van der Waals surface area (Å²) >= 11 is 0. The SMILES string of the molecule is CC(F)(F)C(=O)OCCCCNCCCCOC(=O)C(F)(F)S(=O)(=O)O. The van der Waals surface area contributed by atoms with Crippen LogP contribution in [0.5, 0.6) is 0 Å². The molecule has 0 heterocycles. The Morgan fingerprint density at radius 2 is 1.35 bits per heavy atom. The Balaban J connectivity index is 3.61. The first-order valence-corrected chi connectivity index (χ1v) is 9.02. The molecule has 0 aliphatic carbocycles. The smallest absolute Gasteiger partial charge is 0.461 e. The molecular weight excluding hydrogens is 390 g/mol. The van der Waals surface area contributed by atoms with Crippen LogP contribution in [0, 0.1) is 0 Å². The molecule has 13 heteroatoms. The van der Waals surface area contributed by atoms with Crippen molar-refractivity contribution in [2.75, 3.05) is 26.3 Å². The van der Waals surface area contributed by atoms with E-state index in [-0.39, 0.29) is 13.0 Å². The van der Waals surface area contributed by atoms with Gasteiger partial charge in [-0.2, -0.15) is 26.0 Å². The van der Waals surface area contributed by atoms with Crippen LogP contribution in [0.15, 0.2) is 0 Å². The number of halogens is 4. The number of hydrogen-bond donors (Lipinski definition) is 2. The number of carbonyl (C=O) groups is 2. The van der Waals surface area contributed by atoms with E-state index >= 15 is 0 Å². The van der Waals surface area contributed by atoms with Gasteiger partial charge >= 0.3 is 33.2 Å². The molecule has 26 heavy (non-hydrogen) atoms. The second-order valence-corrected chi connectivity index (χ2v) is 6.78. The largest absolute Gasteiger partial charge is 0.465 e. The molecule has 0 aliphatic heterocycles. The summed E-state index contributed by atoms with van der Waals surface area (Å²) < 4.78 is 87.8. The van der Waals surface area contributed by atoms with Crippen molar-refractivity contribution in [3.8, 4) is 0 Å². The lowest BCUT2D eigenvalue weighted by Gasteiger charge is -2.12. The summed E-state index contributed by atoms with van der Waals surface area (Å²) in [5.74, 6) is -7.45. The second-order valence-electron chi connectivity index (χ2n) is 5.32. The van der Waals surface area contributed by atoms with Crippen LogP contribution >= 0.6 is 0 Å². The number of hydrogen-bond acceptors (Lipinski definition) is 7. The van der Waals surface area contributed by atoms with Crippen LogP contribution in [-0.2, 0) is 29.2 Å². The summed E-state index contributed by atoms with van der Waals surface area (Å²) in [5, 5.41) is -2.07. The number of carbonyl (C=O) groups excluding carboxylic acids is 2. The van der Waals surface area contributed by atoms with Crippen molar-refractivity contribution in [3.63, 3.8) is 0 Å². The fraction of sp³-hybridized carbons (Fsp3) is 0.846. The summed E-state index contributed by atoms with van der Waals surface area (Å²) in [4.78, 5) is 21.6. The minimum Gasteiger partial charge on any atom is -0.461 e. The van der Waals surface area contributed by atoms with E-state index in [1.807, 2.05) is 0 Å². The van der Waals surface area contributed by atoms with Crippen molar-refractivity contribution in [2.45, 2.75) is 43.8 Å². The first-order chi connectivity index (χ1) is 11.8. The molecule has 0 unspecified atom stereocenters. The van der Waals surface area contributed by atoms with Crippen LogP contribution in [0.3, 0.4) is 0 Å². The van der Waals surface area contributed by atoms with Crippen LogP contribution < -0.4 is 5.32 Å². The third-order valence-electron chi connectivity index (χ3n) is 2.88. The molecule has 8 nitrogen and oxygen atoms in total. The van der Waals surface area contributed by atoms with Crippen LogP contribution in [0.2, 0.25) is 0 Å². The molecule has 0 aromatic rings. The normalized spacial score (nSPS) is 12.7. The highest BCUT2D eigenvalue weighted by Gasteiger charge is 2.54. The molecule has 154 valence electrons. The topological polar surface area (TPSA) is 119 Å². The predicted octanol–water partition coefficient (Wildman–Crippen LogP) is 1.36. The van der Waals surface area contributed by atoms with Crippen molar-refractivity contribution in [2.24, 2.45) is 0 Å². The third-order valence-corrected chi connectivity index (χ3v) is 3.70. The highest BCUT2D eigenvalue weighted by molar-refractivity contribution is 7.87. The Labute approximate surface area is 148 Å². The monoisotopic (exact) mass is 411 g/mol. The number of ether oxygens (including phenoxy) is 2. The molecule has 0 saturated heterocycles. The molecule has 0 saturated carbocycles. The van der Waals surface area contributed by atoms with E-state index in [2.05, 4.69) is 14.8 Å². The lowest BCUT2D eigenvalue weighted by molar-refractivity contribution is -0.169. The van der Waals surface area contributed by atoms with Gasteiger partial charge in [-0.3, -0.25) is 4.55 Å². The molecule has 0 rings (SSSR count). The van der Waals surface area contributed by atoms with Gasteiger partial charge in [0.25, 0.3) is 0 Å². The molecule has 0 atom stereocenters. The Bertz CT molecular complexity index is 563. The van der Waals surface area contributed by atoms with E-state index in [9.17, 15) is 35.6 Å². The van der Waals surface area contributed by atoms with Gasteiger partial charge in [0.2, 0.25) is 0 Å². The first kappa shape index (κ1) is 24.5. The van der Waals surface area contributed by atoms with Crippen LogP contribution in [0.1, 0.15) is 32.6 Å². The number of rotatable bonds is 13. The molecule has 0 aromatic heterocycles. The molecular formula is C13H21F4NO7S. The average Bonchev–Trinajstić information content (AvgIpc) is 2.49. The van der Waals surface area contributed by atoms with Gasteiger partial charge in [0.05, 0.1) is 13.2 Å². The van der Waals surface area contributed by atoms with Crippen LogP contribution in [0.25, 0.3) is 0 Å². The Morgan fingerprint density at radius 3 is 1.73 bits per heavy atom. The van der Waals surface area contributed by atoms with Gasteiger partial charge in [0.15, 0.2) is 0 Å². The highest BCUT2D eigenvalue weighted by Crippen LogP contribution is 2.22. The maximum absolute atomic E-state index is 12.8. The highest BCUT2D eigenvalue weighted by atomic mass is 32.2. The van der Waals surface area contributed by atoms with E-state index in [4.69, 9.17) is 4.55 Å². The van der Waals surface area contributed by atoms with E-state index < -0.39 is 39.8 Å². The van der Waals surface area contributed by atoms with Gasteiger partial charge in [-0.1, -0.05) is 0 Å². The summed E-state index contributed by atoms with van der Waals surface area (Å²) in [6, 6.07) is 0. The third kappa shape index (κ3) is 9.29. The van der Waals surface area contributed by atoms with Crippen molar-refractivity contribution in [1.29, 1.82) is 0 Å².